The van der Waals surface area contributed by atoms with Gasteiger partial charge in [-0.25, -0.2) is 14.4 Å². The van der Waals surface area contributed by atoms with Crippen molar-refractivity contribution in [3.05, 3.63) is 71.3 Å². The topological polar surface area (TPSA) is 54.0 Å². The lowest BCUT2D eigenvalue weighted by molar-refractivity contribution is 0.228. The first-order valence-corrected chi connectivity index (χ1v) is 12.7. The molecule has 7 nitrogen and oxygen atoms in total. The van der Waals surface area contributed by atoms with Crippen molar-refractivity contribution in [2.75, 3.05) is 49.6 Å². The van der Waals surface area contributed by atoms with E-state index >= 15 is 0 Å². The molecule has 190 valence electrons. The maximum absolute atomic E-state index is 14.2. The van der Waals surface area contributed by atoms with E-state index in [2.05, 4.69) is 26.8 Å². The quantitative estimate of drug-likeness (QED) is 0.489. The van der Waals surface area contributed by atoms with E-state index in [0.717, 1.165) is 75.4 Å². The second-order valence-corrected chi connectivity index (χ2v) is 9.68. The molecule has 0 amide bonds. The van der Waals surface area contributed by atoms with Crippen molar-refractivity contribution >= 4 is 11.6 Å². The van der Waals surface area contributed by atoms with Gasteiger partial charge in [0.05, 0.1) is 24.6 Å². The van der Waals surface area contributed by atoms with E-state index in [-0.39, 0.29) is 11.9 Å². The van der Waals surface area contributed by atoms with Crippen LogP contribution in [0.4, 0.5) is 16.0 Å². The van der Waals surface area contributed by atoms with Gasteiger partial charge in [-0.2, -0.15) is 0 Å². The molecule has 0 unspecified atom stereocenters. The predicted molar refractivity (Wildman–Crippen MR) is 139 cm³/mol. The zero-order valence-corrected chi connectivity index (χ0v) is 21.3. The van der Waals surface area contributed by atoms with Crippen LogP contribution in [0.15, 0.2) is 48.7 Å². The summed E-state index contributed by atoms with van der Waals surface area (Å²) < 4.78 is 25.6. The highest BCUT2D eigenvalue weighted by molar-refractivity contribution is 5.50. The maximum Gasteiger partial charge on any atom is 0.225 e. The van der Waals surface area contributed by atoms with Gasteiger partial charge in [-0.3, -0.25) is 4.90 Å². The number of ether oxygens (including phenoxy) is 2. The number of hydrogen-bond acceptors (Lipinski definition) is 7. The predicted octanol–water partition coefficient (Wildman–Crippen LogP) is 4.30. The second-order valence-electron chi connectivity index (χ2n) is 9.68. The average Bonchev–Trinajstić information content (AvgIpc) is 2.89. The molecule has 0 radical (unpaired) electrons. The van der Waals surface area contributed by atoms with E-state index in [9.17, 15) is 4.39 Å². The zero-order chi connectivity index (χ0) is 25.1. The van der Waals surface area contributed by atoms with Gasteiger partial charge >= 0.3 is 0 Å². The number of piperazine rings is 1. The first kappa shape index (κ1) is 24.3. The summed E-state index contributed by atoms with van der Waals surface area (Å²) in [6, 6.07) is 13.1. The summed E-state index contributed by atoms with van der Waals surface area (Å²) in [6.45, 7) is 9.67. The summed E-state index contributed by atoms with van der Waals surface area (Å²) in [5.41, 5.74) is 4.17. The summed E-state index contributed by atoms with van der Waals surface area (Å²) in [5, 5.41) is 0. The summed E-state index contributed by atoms with van der Waals surface area (Å²) in [4.78, 5) is 16.3. The van der Waals surface area contributed by atoms with Gasteiger partial charge in [-0.15, -0.1) is 0 Å². The molecule has 0 aliphatic carbocycles. The van der Waals surface area contributed by atoms with E-state index in [0.29, 0.717) is 5.69 Å². The molecule has 0 N–H and O–H groups in total. The third-order valence-corrected chi connectivity index (χ3v) is 6.75. The van der Waals surface area contributed by atoms with Gasteiger partial charge in [0, 0.05) is 64.0 Å². The highest BCUT2D eigenvalue weighted by atomic mass is 19.1. The normalized spacial score (nSPS) is 16.2. The number of halogens is 1. The second kappa shape index (κ2) is 10.7. The number of hydrogen-bond donors (Lipinski definition) is 0. The van der Waals surface area contributed by atoms with E-state index in [4.69, 9.17) is 19.4 Å². The Balaban J connectivity index is 1.20. The Bertz CT molecular complexity index is 1200. The highest BCUT2D eigenvalue weighted by Gasteiger charge is 2.24. The van der Waals surface area contributed by atoms with Gasteiger partial charge in [0.1, 0.15) is 5.82 Å². The fourth-order valence-electron chi connectivity index (χ4n) is 4.93. The van der Waals surface area contributed by atoms with Gasteiger partial charge in [0.25, 0.3) is 0 Å². The lowest BCUT2D eigenvalue weighted by Gasteiger charge is -2.36. The fourth-order valence-corrected chi connectivity index (χ4v) is 4.93. The molecular weight excluding hydrogens is 457 g/mol. The van der Waals surface area contributed by atoms with Crippen molar-refractivity contribution in [3.8, 4) is 11.5 Å². The number of fused-ring (bicyclic) bond motifs is 1. The molecule has 1 fully saturated rings. The number of para-hydroxylation sites is 1. The Labute approximate surface area is 212 Å². The molecule has 2 aliphatic heterocycles. The largest absolute Gasteiger partial charge is 0.493 e. The minimum Gasteiger partial charge on any atom is -0.493 e. The molecule has 5 rings (SSSR count). The standard InChI is InChI=1S/C28H34FN5O2/c1-20(2)36-26-9-8-21(16-27(26)35-3)18-32-11-10-24-22(19-32)17-30-28(31-24)34-14-12-33(13-15-34)25-7-5-4-6-23(25)29/h4-9,16-17,20H,10-15,18-19H2,1-3H3. The SMILES string of the molecule is COc1cc(CN2CCc3nc(N4CCN(c5ccccc5F)CC4)ncc3C2)ccc1OC(C)C. The monoisotopic (exact) mass is 491 g/mol. The molecular formula is C28H34FN5O2. The fraction of sp³-hybridized carbons (Fsp3) is 0.429. The number of aromatic nitrogens is 2. The van der Waals surface area contributed by atoms with Gasteiger partial charge in [-0.05, 0) is 43.7 Å². The average molecular weight is 492 g/mol. The highest BCUT2D eigenvalue weighted by Crippen LogP contribution is 2.30. The van der Waals surface area contributed by atoms with E-state index in [1.807, 2.05) is 38.2 Å². The van der Waals surface area contributed by atoms with Crippen molar-refractivity contribution in [2.24, 2.45) is 0 Å². The molecule has 1 aromatic heterocycles. The van der Waals surface area contributed by atoms with Crippen LogP contribution in [0.5, 0.6) is 11.5 Å². The molecule has 0 atom stereocenters. The van der Waals surface area contributed by atoms with Crippen LogP contribution in [-0.4, -0.2) is 60.8 Å². The third kappa shape index (κ3) is 5.38. The zero-order valence-electron chi connectivity index (χ0n) is 21.3. The van der Waals surface area contributed by atoms with Crippen molar-refractivity contribution in [1.29, 1.82) is 0 Å². The van der Waals surface area contributed by atoms with Gasteiger partial charge in [-0.1, -0.05) is 18.2 Å². The first-order valence-electron chi connectivity index (χ1n) is 12.7. The summed E-state index contributed by atoms with van der Waals surface area (Å²) >= 11 is 0. The molecule has 3 aromatic rings. The van der Waals surface area contributed by atoms with Crippen LogP contribution in [0, 0.1) is 5.82 Å². The Kier molecular flexibility index (Phi) is 7.23. The number of nitrogens with zero attached hydrogens (tertiary/aromatic N) is 5. The lowest BCUT2D eigenvalue weighted by Crippen LogP contribution is -2.47. The summed E-state index contributed by atoms with van der Waals surface area (Å²) in [5.74, 6) is 2.15. The molecule has 0 bridgehead atoms. The van der Waals surface area contributed by atoms with Crippen molar-refractivity contribution in [2.45, 2.75) is 39.5 Å². The summed E-state index contributed by atoms with van der Waals surface area (Å²) in [7, 11) is 1.68. The molecule has 1 saturated heterocycles. The van der Waals surface area contributed by atoms with Gasteiger partial charge in [0.15, 0.2) is 11.5 Å². The first-order chi connectivity index (χ1) is 17.5. The van der Waals surface area contributed by atoms with Crippen LogP contribution in [0.2, 0.25) is 0 Å². The number of rotatable bonds is 7. The maximum atomic E-state index is 14.2. The lowest BCUT2D eigenvalue weighted by atomic mass is 10.1. The minimum absolute atomic E-state index is 0.101. The molecule has 2 aromatic carbocycles. The molecule has 8 heteroatoms. The van der Waals surface area contributed by atoms with Gasteiger partial charge in [0.2, 0.25) is 5.95 Å². The Morgan fingerprint density at radius 1 is 0.972 bits per heavy atom. The molecule has 36 heavy (non-hydrogen) atoms. The van der Waals surface area contributed by atoms with Crippen LogP contribution in [0.25, 0.3) is 0 Å². The minimum atomic E-state index is -0.168. The van der Waals surface area contributed by atoms with Crippen LogP contribution >= 0.6 is 0 Å². The third-order valence-electron chi connectivity index (χ3n) is 6.75. The smallest absolute Gasteiger partial charge is 0.225 e. The number of methoxy groups -OCH3 is 1. The summed E-state index contributed by atoms with van der Waals surface area (Å²) in [6.07, 6.45) is 2.97. The molecule has 0 saturated carbocycles. The molecule has 0 spiro atoms. The molecule has 2 aliphatic rings. The Morgan fingerprint density at radius 2 is 1.75 bits per heavy atom. The van der Waals surface area contributed by atoms with Crippen molar-refractivity contribution in [1.82, 2.24) is 14.9 Å². The molecule has 3 heterocycles. The van der Waals surface area contributed by atoms with Crippen molar-refractivity contribution in [3.63, 3.8) is 0 Å². The van der Waals surface area contributed by atoms with E-state index in [1.54, 1.807) is 13.2 Å². The van der Waals surface area contributed by atoms with Crippen LogP contribution in [-0.2, 0) is 19.5 Å². The number of benzene rings is 2. The van der Waals surface area contributed by atoms with Crippen LogP contribution < -0.4 is 19.3 Å². The van der Waals surface area contributed by atoms with E-state index in [1.165, 1.54) is 17.2 Å². The Morgan fingerprint density at radius 3 is 2.50 bits per heavy atom. The number of anilines is 2. The van der Waals surface area contributed by atoms with Crippen LogP contribution in [0.3, 0.4) is 0 Å². The Hall–Kier alpha value is -3.39. The van der Waals surface area contributed by atoms with Gasteiger partial charge < -0.3 is 19.3 Å². The van der Waals surface area contributed by atoms with Crippen LogP contribution in [0.1, 0.15) is 30.7 Å². The van der Waals surface area contributed by atoms with Crippen molar-refractivity contribution < 1.29 is 13.9 Å². The van der Waals surface area contributed by atoms with E-state index < -0.39 is 0 Å².